The van der Waals surface area contributed by atoms with Gasteiger partial charge in [-0.05, 0) is 88.4 Å². The van der Waals surface area contributed by atoms with E-state index in [9.17, 15) is 9.90 Å². The molecule has 0 atom stereocenters. The highest BCUT2D eigenvalue weighted by molar-refractivity contribution is 5.91. The smallest absolute Gasteiger partial charge is 0.267 e. The number of nitrogens with zero attached hydrogens (tertiary/aromatic N) is 4. The zero-order valence-electron chi connectivity index (χ0n) is 21.0. The fourth-order valence-corrected chi connectivity index (χ4v) is 6.04. The average Bonchev–Trinajstić information content (AvgIpc) is 3.40. The normalized spacial score (nSPS) is 24.0. The summed E-state index contributed by atoms with van der Waals surface area (Å²) in [4.78, 5) is 27.7. The van der Waals surface area contributed by atoms with Crippen molar-refractivity contribution in [3.05, 3.63) is 35.8 Å². The Balaban J connectivity index is 1.31. The molecule has 1 aliphatic heterocycles. The molecule has 1 amide bonds. The van der Waals surface area contributed by atoms with Gasteiger partial charge < -0.3 is 26.4 Å². The van der Waals surface area contributed by atoms with Crippen molar-refractivity contribution in [2.24, 2.45) is 11.7 Å². The summed E-state index contributed by atoms with van der Waals surface area (Å²) in [6.07, 6.45) is 14.6. The predicted octanol–water partition coefficient (Wildman–Crippen LogP) is 3.80. The SMILES string of the molecule is NC(=O)c1cc(Nc2ncc(C3CCN(CC4CCCC4)CC3)c(N[C@H]3CC[C@H](O)CC3)n2)ccn1. The molecule has 3 heterocycles. The fraction of sp³-hybridized carbons (Fsp3) is 0.630. The summed E-state index contributed by atoms with van der Waals surface area (Å²) in [7, 11) is 0. The van der Waals surface area contributed by atoms with Gasteiger partial charge in [-0.1, -0.05) is 12.8 Å². The number of nitrogens with one attached hydrogen (secondary N) is 2. The Bertz CT molecular complexity index is 1030. The van der Waals surface area contributed by atoms with E-state index in [0.717, 1.165) is 63.4 Å². The van der Waals surface area contributed by atoms with Crippen LogP contribution < -0.4 is 16.4 Å². The molecule has 0 aromatic carbocycles. The highest BCUT2D eigenvalue weighted by atomic mass is 16.3. The molecular weight excluding hydrogens is 454 g/mol. The zero-order valence-corrected chi connectivity index (χ0v) is 21.0. The van der Waals surface area contributed by atoms with E-state index >= 15 is 0 Å². The lowest BCUT2D eigenvalue weighted by atomic mass is 9.89. The van der Waals surface area contributed by atoms with Crippen molar-refractivity contribution in [3.8, 4) is 0 Å². The maximum atomic E-state index is 11.5. The number of aliphatic hydroxyl groups is 1. The minimum Gasteiger partial charge on any atom is -0.393 e. The monoisotopic (exact) mass is 493 g/mol. The number of aromatic nitrogens is 3. The Morgan fingerprint density at radius 1 is 1.06 bits per heavy atom. The molecule has 2 aromatic heterocycles. The number of hydrogen-bond donors (Lipinski definition) is 4. The molecule has 2 saturated carbocycles. The molecule has 9 heteroatoms. The van der Waals surface area contributed by atoms with Crippen molar-refractivity contribution >= 4 is 23.4 Å². The number of hydrogen-bond acceptors (Lipinski definition) is 8. The van der Waals surface area contributed by atoms with Crippen LogP contribution in [0.2, 0.25) is 0 Å². The van der Waals surface area contributed by atoms with Gasteiger partial charge in [0, 0.05) is 36.2 Å². The van der Waals surface area contributed by atoms with E-state index in [1.54, 1.807) is 18.3 Å². The van der Waals surface area contributed by atoms with Crippen LogP contribution in [0.3, 0.4) is 0 Å². The van der Waals surface area contributed by atoms with Crippen LogP contribution in [0.4, 0.5) is 17.5 Å². The van der Waals surface area contributed by atoms with Gasteiger partial charge >= 0.3 is 0 Å². The lowest BCUT2D eigenvalue weighted by Gasteiger charge is -2.34. The molecule has 194 valence electrons. The number of anilines is 3. The van der Waals surface area contributed by atoms with Crippen LogP contribution in [0.5, 0.6) is 0 Å². The van der Waals surface area contributed by atoms with Gasteiger partial charge in [0.1, 0.15) is 11.5 Å². The van der Waals surface area contributed by atoms with Gasteiger partial charge in [-0.25, -0.2) is 4.98 Å². The Labute approximate surface area is 213 Å². The van der Waals surface area contributed by atoms with Crippen molar-refractivity contribution in [3.63, 3.8) is 0 Å². The van der Waals surface area contributed by atoms with Gasteiger partial charge in [-0.2, -0.15) is 4.98 Å². The molecule has 1 saturated heterocycles. The molecule has 0 radical (unpaired) electrons. The van der Waals surface area contributed by atoms with Crippen LogP contribution in [0.1, 0.15) is 86.2 Å². The van der Waals surface area contributed by atoms with Crippen molar-refractivity contribution < 1.29 is 9.90 Å². The second kappa shape index (κ2) is 11.5. The van der Waals surface area contributed by atoms with E-state index < -0.39 is 5.91 Å². The first-order chi connectivity index (χ1) is 17.5. The summed E-state index contributed by atoms with van der Waals surface area (Å²) in [6, 6.07) is 3.66. The number of carbonyl (C=O) groups is 1. The molecule has 3 aliphatic rings. The molecule has 36 heavy (non-hydrogen) atoms. The molecule has 5 rings (SSSR count). The summed E-state index contributed by atoms with van der Waals surface area (Å²) in [5, 5.41) is 16.8. The third kappa shape index (κ3) is 6.31. The van der Waals surface area contributed by atoms with Crippen LogP contribution in [-0.2, 0) is 0 Å². The third-order valence-corrected chi connectivity index (χ3v) is 8.14. The maximum absolute atomic E-state index is 11.5. The largest absolute Gasteiger partial charge is 0.393 e. The van der Waals surface area contributed by atoms with Gasteiger partial charge in [0.05, 0.1) is 6.10 Å². The molecular formula is C27H39N7O2. The summed E-state index contributed by atoms with van der Waals surface area (Å²) in [5.74, 6) is 2.09. The van der Waals surface area contributed by atoms with Gasteiger partial charge in [0.25, 0.3) is 5.91 Å². The molecule has 9 nitrogen and oxygen atoms in total. The summed E-state index contributed by atoms with van der Waals surface area (Å²) < 4.78 is 0. The Morgan fingerprint density at radius 3 is 2.53 bits per heavy atom. The number of rotatable bonds is 8. The highest BCUT2D eigenvalue weighted by Crippen LogP contribution is 2.35. The minimum absolute atomic E-state index is 0.194. The number of piperidine rings is 1. The molecule has 2 aromatic rings. The molecule has 5 N–H and O–H groups in total. The van der Waals surface area contributed by atoms with Crippen molar-refractivity contribution in [1.29, 1.82) is 0 Å². The molecule has 0 spiro atoms. The lowest BCUT2D eigenvalue weighted by molar-refractivity contribution is 0.0995. The van der Waals surface area contributed by atoms with E-state index in [2.05, 4.69) is 25.5 Å². The summed E-state index contributed by atoms with van der Waals surface area (Å²) in [5.41, 5.74) is 7.42. The second-order valence-corrected chi connectivity index (χ2v) is 10.8. The average molecular weight is 494 g/mol. The first-order valence-corrected chi connectivity index (χ1v) is 13.6. The van der Waals surface area contributed by atoms with Crippen LogP contribution in [0.25, 0.3) is 0 Å². The highest BCUT2D eigenvalue weighted by Gasteiger charge is 2.28. The third-order valence-electron chi connectivity index (χ3n) is 8.14. The van der Waals surface area contributed by atoms with Crippen LogP contribution >= 0.6 is 0 Å². The Kier molecular flexibility index (Phi) is 7.96. The number of likely N-dealkylation sites (tertiary alicyclic amines) is 1. The first-order valence-electron chi connectivity index (χ1n) is 13.6. The lowest BCUT2D eigenvalue weighted by Crippen LogP contribution is -2.36. The fourth-order valence-electron chi connectivity index (χ4n) is 6.04. The number of amides is 1. The summed E-state index contributed by atoms with van der Waals surface area (Å²) >= 11 is 0. The second-order valence-electron chi connectivity index (χ2n) is 10.8. The van der Waals surface area contributed by atoms with Gasteiger partial charge in [-0.15, -0.1) is 0 Å². The predicted molar refractivity (Wildman–Crippen MR) is 140 cm³/mol. The van der Waals surface area contributed by atoms with Crippen molar-refractivity contribution in [2.75, 3.05) is 30.3 Å². The molecule has 0 unspecified atom stereocenters. The number of aliphatic hydroxyl groups excluding tert-OH is 1. The van der Waals surface area contributed by atoms with E-state index in [0.29, 0.717) is 23.6 Å². The molecule has 2 aliphatic carbocycles. The van der Waals surface area contributed by atoms with Crippen LogP contribution in [0, 0.1) is 5.92 Å². The maximum Gasteiger partial charge on any atom is 0.267 e. The van der Waals surface area contributed by atoms with E-state index in [1.807, 2.05) is 6.20 Å². The topological polar surface area (TPSA) is 129 Å². The van der Waals surface area contributed by atoms with E-state index in [1.165, 1.54) is 37.8 Å². The number of nitrogens with two attached hydrogens (primary N) is 1. The first kappa shape index (κ1) is 24.9. The van der Waals surface area contributed by atoms with Crippen LogP contribution in [-0.4, -0.2) is 62.6 Å². The number of carbonyl (C=O) groups excluding carboxylic acids is 1. The van der Waals surface area contributed by atoms with Gasteiger partial charge in [0.2, 0.25) is 5.95 Å². The zero-order chi connectivity index (χ0) is 24.9. The summed E-state index contributed by atoms with van der Waals surface area (Å²) in [6.45, 7) is 3.51. The van der Waals surface area contributed by atoms with Crippen molar-refractivity contribution in [1.82, 2.24) is 19.9 Å². The van der Waals surface area contributed by atoms with Crippen molar-refractivity contribution in [2.45, 2.75) is 82.3 Å². The van der Waals surface area contributed by atoms with E-state index in [4.69, 9.17) is 10.7 Å². The Morgan fingerprint density at radius 2 is 1.81 bits per heavy atom. The van der Waals surface area contributed by atoms with E-state index in [-0.39, 0.29) is 11.8 Å². The molecule has 0 bridgehead atoms. The Hall–Kier alpha value is -2.78. The minimum atomic E-state index is -0.573. The number of pyridine rings is 1. The van der Waals surface area contributed by atoms with Gasteiger partial charge in [0.15, 0.2) is 0 Å². The van der Waals surface area contributed by atoms with Gasteiger partial charge in [-0.3, -0.25) is 9.78 Å². The standard InChI is InChI=1S/C27H39N7O2/c28-25(36)24-15-21(9-12-29-24)32-27-30-16-23(26(33-27)31-20-5-7-22(35)8-6-20)19-10-13-34(14-11-19)17-18-3-1-2-4-18/h9,12,15-16,18-20,22,35H,1-8,10-11,13-14,17H2,(H2,28,36)(H2,29,30,31,32,33)/t20-,22-. The molecule has 3 fully saturated rings. The van der Waals surface area contributed by atoms with Crippen LogP contribution in [0.15, 0.2) is 24.5 Å². The quantitative estimate of drug-likeness (QED) is 0.437. The number of primary amides is 1.